The Balaban J connectivity index is 2.89. The van der Waals surface area contributed by atoms with Crippen LogP contribution in [0.15, 0.2) is 10.7 Å². The Morgan fingerprint density at radius 3 is 2.72 bits per heavy atom. The molecule has 1 rings (SSSR count). The zero-order chi connectivity index (χ0) is 13.7. The van der Waals surface area contributed by atoms with Crippen molar-refractivity contribution in [2.45, 2.75) is 32.0 Å². The van der Waals surface area contributed by atoms with E-state index in [4.69, 9.17) is 10.5 Å². The van der Waals surface area contributed by atoms with Crippen LogP contribution in [0.1, 0.15) is 25.1 Å². The Labute approximate surface area is 117 Å². The fourth-order valence-corrected chi connectivity index (χ4v) is 2.48. The molecule has 2 atom stereocenters. The van der Waals surface area contributed by atoms with Crippen LogP contribution < -0.4 is 5.73 Å². The Hall–Kier alpha value is -0.430. The average molecular weight is 319 g/mol. The molecule has 1 heterocycles. The van der Waals surface area contributed by atoms with Gasteiger partial charge in [-0.25, -0.2) is 0 Å². The average Bonchev–Trinajstić information content (AvgIpc) is 2.69. The van der Waals surface area contributed by atoms with Crippen molar-refractivity contribution in [3.8, 4) is 0 Å². The standard InChI is InChI=1S/C12H23BrN4O/c1-5-10(18-4)11(14)12-9(13)8-15-17(12)7-6-16(2)3/h8,10-11H,5-7,14H2,1-4H3. The van der Waals surface area contributed by atoms with Crippen molar-refractivity contribution in [2.75, 3.05) is 27.7 Å². The van der Waals surface area contributed by atoms with E-state index in [0.717, 1.165) is 29.7 Å². The highest BCUT2D eigenvalue weighted by Gasteiger charge is 2.23. The Morgan fingerprint density at radius 1 is 1.56 bits per heavy atom. The number of halogens is 1. The molecular weight excluding hydrogens is 296 g/mol. The molecule has 0 spiro atoms. The van der Waals surface area contributed by atoms with Crippen molar-refractivity contribution < 1.29 is 4.74 Å². The lowest BCUT2D eigenvalue weighted by atomic mass is 10.1. The minimum Gasteiger partial charge on any atom is -0.379 e. The van der Waals surface area contributed by atoms with Gasteiger partial charge in [-0.2, -0.15) is 5.10 Å². The minimum absolute atomic E-state index is 0.0103. The van der Waals surface area contributed by atoms with E-state index in [2.05, 4.69) is 32.9 Å². The molecule has 0 saturated carbocycles. The van der Waals surface area contributed by atoms with Crippen LogP contribution in [0.2, 0.25) is 0 Å². The van der Waals surface area contributed by atoms with Gasteiger partial charge in [0.1, 0.15) is 0 Å². The summed E-state index contributed by atoms with van der Waals surface area (Å²) >= 11 is 3.52. The molecule has 0 aliphatic heterocycles. The van der Waals surface area contributed by atoms with Crippen LogP contribution in [0, 0.1) is 0 Å². The molecular formula is C12H23BrN4O. The van der Waals surface area contributed by atoms with Crippen LogP contribution in [0.3, 0.4) is 0 Å². The molecule has 1 aromatic heterocycles. The highest BCUT2D eigenvalue weighted by atomic mass is 79.9. The molecule has 104 valence electrons. The normalized spacial score (nSPS) is 15.1. The molecule has 2 unspecified atom stereocenters. The number of methoxy groups -OCH3 is 1. The molecule has 0 bridgehead atoms. The van der Waals surface area contributed by atoms with Crippen molar-refractivity contribution in [3.05, 3.63) is 16.4 Å². The van der Waals surface area contributed by atoms with E-state index in [1.807, 2.05) is 18.8 Å². The largest absolute Gasteiger partial charge is 0.379 e. The zero-order valence-electron chi connectivity index (χ0n) is 11.6. The molecule has 18 heavy (non-hydrogen) atoms. The lowest BCUT2D eigenvalue weighted by Gasteiger charge is -2.23. The number of aromatic nitrogens is 2. The number of hydrogen-bond acceptors (Lipinski definition) is 4. The topological polar surface area (TPSA) is 56.3 Å². The van der Waals surface area contributed by atoms with Crippen LogP contribution >= 0.6 is 15.9 Å². The molecule has 0 fully saturated rings. The van der Waals surface area contributed by atoms with Gasteiger partial charge in [-0.15, -0.1) is 0 Å². The first-order valence-electron chi connectivity index (χ1n) is 6.15. The van der Waals surface area contributed by atoms with Crippen LogP contribution in [0.4, 0.5) is 0 Å². The first-order valence-corrected chi connectivity index (χ1v) is 6.94. The first kappa shape index (κ1) is 15.6. The predicted molar refractivity (Wildman–Crippen MR) is 76.5 cm³/mol. The maximum atomic E-state index is 6.28. The molecule has 0 saturated heterocycles. The maximum Gasteiger partial charge on any atom is 0.0776 e. The number of hydrogen-bond donors (Lipinski definition) is 1. The van der Waals surface area contributed by atoms with Gasteiger partial charge >= 0.3 is 0 Å². The molecule has 0 radical (unpaired) electrons. The van der Waals surface area contributed by atoms with E-state index < -0.39 is 0 Å². The summed E-state index contributed by atoms with van der Waals surface area (Å²) in [6.45, 7) is 3.82. The third-order valence-electron chi connectivity index (χ3n) is 3.01. The van der Waals surface area contributed by atoms with Crippen molar-refractivity contribution in [3.63, 3.8) is 0 Å². The second kappa shape index (κ2) is 7.23. The van der Waals surface area contributed by atoms with Crippen LogP contribution in [-0.2, 0) is 11.3 Å². The summed E-state index contributed by atoms with van der Waals surface area (Å²) < 4.78 is 8.33. The lowest BCUT2D eigenvalue weighted by Crippen LogP contribution is -2.31. The summed E-state index contributed by atoms with van der Waals surface area (Å²) in [5.41, 5.74) is 7.29. The minimum atomic E-state index is -0.168. The van der Waals surface area contributed by atoms with E-state index >= 15 is 0 Å². The summed E-state index contributed by atoms with van der Waals surface area (Å²) in [7, 11) is 5.78. The summed E-state index contributed by atoms with van der Waals surface area (Å²) in [6, 6.07) is -0.168. The number of likely N-dealkylation sites (N-methyl/N-ethyl adjacent to an activating group) is 1. The predicted octanol–water partition coefficient (Wildman–Crippen LogP) is 1.63. The maximum absolute atomic E-state index is 6.28. The lowest BCUT2D eigenvalue weighted by molar-refractivity contribution is 0.0743. The van der Waals surface area contributed by atoms with E-state index in [0.29, 0.717) is 0 Å². The van der Waals surface area contributed by atoms with Gasteiger partial charge in [0, 0.05) is 13.7 Å². The summed E-state index contributed by atoms with van der Waals surface area (Å²) in [5.74, 6) is 0. The Morgan fingerprint density at radius 2 is 2.22 bits per heavy atom. The summed E-state index contributed by atoms with van der Waals surface area (Å²) in [5, 5.41) is 4.37. The second-order valence-corrected chi connectivity index (χ2v) is 5.47. The van der Waals surface area contributed by atoms with Crippen LogP contribution in [0.5, 0.6) is 0 Å². The second-order valence-electron chi connectivity index (χ2n) is 4.61. The van der Waals surface area contributed by atoms with E-state index in [1.165, 1.54) is 0 Å². The molecule has 6 heteroatoms. The van der Waals surface area contributed by atoms with Crippen molar-refractivity contribution in [1.29, 1.82) is 0 Å². The van der Waals surface area contributed by atoms with Gasteiger partial charge < -0.3 is 15.4 Å². The van der Waals surface area contributed by atoms with Gasteiger partial charge in [0.15, 0.2) is 0 Å². The highest BCUT2D eigenvalue weighted by molar-refractivity contribution is 9.10. The molecule has 5 nitrogen and oxygen atoms in total. The van der Waals surface area contributed by atoms with Gasteiger partial charge in [0.05, 0.1) is 35.1 Å². The smallest absolute Gasteiger partial charge is 0.0776 e. The fraction of sp³-hybridized carbons (Fsp3) is 0.750. The van der Waals surface area contributed by atoms with E-state index in [9.17, 15) is 0 Å². The SMILES string of the molecule is CCC(OC)C(N)c1c(Br)cnn1CCN(C)C. The third kappa shape index (κ3) is 3.78. The zero-order valence-corrected chi connectivity index (χ0v) is 13.1. The Bertz CT molecular complexity index is 363. The van der Waals surface area contributed by atoms with E-state index in [1.54, 1.807) is 13.3 Å². The third-order valence-corrected chi connectivity index (χ3v) is 3.62. The van der Waals surface area contributed by atoms with Crippen molar-refractivity contribution in [2.24, 2.45) is 5.73 Å². The summed E-state index contributed by atoms with van der Waals surface area (Å²) in [4.78, 5) is 2.12. The fourth-order valence-electron chi connectivity index (χ4n) is 1.92. The molecule has 1 aromatic rings. The van der Waals surface area contributed by atoms with E-state index in [-0.39, 0.29) is 12.1 Å². The van der Waals surface area contributed by atoms with Crippen LogP contribution in [-0.4, -0.2) is 48.5 Å². The molecule has 0 aromatic carbocycles. The molecule has 0 amide bonds. The number of nitrogens with zero attached hydrogens (tertiary/aromatic N) is 3. The van der Waals surface area contributed by atoms with Gasteiger partial charge in [-0.05, 0) is 36.4 Å². The quantitative estimate of drug-likeness (QED) is 0.830. The molecule has 0 aliphatic carbocycles. The highest BCUT2D eigenvalue weighted by Crippen LogP contribution is 2.26. The van der Waals surface area contributed by atoms with Gasteiger partial charge in [-0.3, -0.25) is 4.68 Å². The number of nitrogens with two attached hydrogens (primary N) is 1. The molecule has 0 aliphatic rings. The number of rotatable bonds is 7. The first-order chi connectivity index (χ1) is 8.51. The summed E-state index contributed by atoms with van der Waals surface area (Å²) in [6.07, 6.45) is 2.69. The van der Waals surface area contributed by atoms with Crippen molar-refractivity contribution >= 4 is 15.9 Å². The van der Waals surface area contributed by atoms with Gasteiger partial charge in [0.2, 0.25) is 0 Å². The molecule has 2 N–H and O–H groups in total. The monoisotopic (exact) mass is 318 g/mol. The van der Waals surface area contributed by atoms with Gasteiger partial charge in [-0.1, -0.05) is 6.92 Å². The van der Waals surface area contributed by atoms with Crippen LogP contribution in [0.25, 0.3) is 0 Å². The van der Waals surface area contributed by atoms with Gasteiger partial charge in [0.25, 0.3) is 0 Å². The Kier molecular flexibility index (Phi) is 6.28. The van der Waals surface area contributed by atoms with Crippen molar-refractivity contribution in [1.82, 2.24) is 14.7 Å². The number of ether oxygens (including phenoxy) is 1.